The lowest BCUT2D eigenvalue weighted by molar-refractivity contribution is -0.139. The van der Waals surface area contributed by atoms with E-state index in [1.165, 1.54) is 7.11 Å². The number of aromatic nitrogens is 1. The van der Waals surface area contributed by atoms with E-state index in [0.717, 1.165) is 29.9 Å². The van der Waals surface area contributed by atoms with Crippen molar-refractivity contribution in [3.63, 3.8) is 0 Å². The molecule has 0 fully saturated rings. The Bertz CT molecular complexity index is 555. The summed E-state index contributed by atoms with van der Waals surface area (Å²) in [5.41, 5.74) is 5.08. The molecule has 0 amide bonds. The molecule has 2 aromatic rings. The van der Waals surface area contributed by atoms with Gasteiger partial charge in [0, 0.05) is 18.5 Å². The summed E-state index contributed by atoms with van der Waals surface area (Å²) >= 11 is 1.60. The molecule has 0 atom stereocenters. The van der Waals surface area contributed by atoms with Crippen molar-refractivity contribution in [1.29, 1.82) is 0 Å². The lowest BCUT2D eigenvalue weighted by Gasteiger charge is -2.17. The van der Waals surface area contributed by atoms with E-state index >= 15 is 0 Å². The number of thiazole rings is 1. The van der Waals surface area contributed by atoms with Crippen LogP contribution < -0.4 is 0 Å². The molecule has 1 aromatic carbocycles. The minimum atomic E-state index is -0.209. The summed E-state index contributed by atoms with van der Waals surface area (Å²) in [5, 5.41) is 2.05. The van der Waals surface area contributed by atoms with E-state index in [9.17, 15) is 4.79 Å². The van der Waals surface area contributed by atoms with Crippen LogP contribution in [0, 0.1) is 0 Å². The van der Waals surface area contributed by atoms with Gasteiger partial charge in [0.25, 0.3) is 0 Å². The Morgan fingerprint density at radius 1 is 1.30 bits per heavy atom. The van der Waals surface area contributed by atoms with E-state index in [0.29, 0.717) is 6.42 Å². The molecule has 20 heavy (non-hydrogen) atoms. The molecule has 0 spiro atoms. The van der Waals surface area contributed by atoms with Gasteiger partial charge in [-0.3, -0.25) is 9.69 Å². The third-order valence-electron chi connectivity index (χ3n) is 3.04. The summed E-state index contributed by atoms with van der Waals surface area (Å²) in [6, 6.07) is 7.97. The molecule has 0 aliphatic heterocycles. The number of carbonyl (C=O) groups excluding carboxylic acids is 1. The lowest BCUT2D eigenvalue weighted by atomic mass is 10.0. The highest BCUT2D eigenvalue weighted by atomic mass is 32.1. The molecule has 0 radical (unpaired) electrons. The van der Waals surface area contributed by atoms with Crippen molar-refractivity contribution in [3.8, 4) is 0 Å². The maximum atomic E-state index is 11.4. The first-order valence-corrected chi connectivity index (χ1v) is 7.32. The standard InChI is InChI=1S/C15H18N2O2S/c1-17(9-14-10-20-11-16-14)8-13-6-4-3-5-12(13)7-15(18)19-2/h3-6,10-11H,7-9H2,1-2H3. The van der Waals surface area contributed by atoms with Gasteiger partial charge in [0.2, 0.25) is 0 Å². The first-order valence-electron chi connectivity index (χ1n) is 6.38. The Labute approximate surface area is 123 Å². The zero-order valence-electron chi connectivity index (χ0n) is 11.7. The van der Waals surface area contributed by atoms with Gasteiger partial charge in [0.1, 0.15) is 0 Å². The van der Waals surface area contributed by atoms with Crippen LogP contribution in [0.4, 0.5) is 0 Å². The van der Waals surface area contributed by atoms with E-state index in [2.05, 4.69) is 21.3 Å². The molecule has 0 aliphatic carbocycles. The Kier molecular flexibility index (Phi) is 5.26. The molecule has 0 aliphatic rings. The average Bonchev–Trinajstić information content (AvgIpc) is 2.93. The first-order chi connectivity index (χ1) is 9.69. The summed E-state index contributed by atoms with van der Waals surface area (Å²) in [7, 11) is 3.47. The molecule has 1 heterocycles. The Morgan fingerprint density at radius 2 is 2.05 bits per heavy atom. The van der Waals surface area contributed by atoms with E-state index in [1.54, 1.807) is 11.3 Å². The van der Waals surface area contributed by atoms with Crippen LogP contribution >= 0.6 is 11.3 Å². The van der Waals surface area contributed by atoms with Crippen molar-refractivity contribution in [3.05, 3.63) is 52.0 Å². The highest BCUT2D eigenvalue weighted by Crippen LogP contribution is 2.14. The SMILES string of the molecule is COC(=O)Cc1ccccc1CN(C)Cc1cscn1. The number of esters is 1. The number of ether oxygens (including phenoxy) is 1. The van der Waals surface area contributed by atoms with E-state index < -0.39 is 0 Å². The van der Waals surface area contributed by atoms with E-state index in [1.807, 2.05) is 30.8 Å². The average molecular weight is 290 g/mol. The third kappa shape index (κ3) is 4.15. The number of hydrogen-bond acceptors (Lipinski definition) is 5. The van der Waals surface area contributed by atoms with Crippen LogP contribution in [0.2, 0.25) is 0 Å². The molecule has 106 valence electrons. The molecule has 0 saturated heterocycles. The third-order valence-corrected chi connectivity index (χ3v) is 3.67. The fraction of sp³-hybridized carbons (Fsp3) is 0.333. The summed E-state index contributed by atoms with van der Waals surface area (Å²) in [6.07, 6.45) is 0.317. The van der Waals surface area contributed by atoms with E-state index in [4.69, 9.17) is 4.74 Å². The van der Waals surface area contributed by atoms with Crippen LogP contribution in [0.1, 0.15) is 16.8 Å². The maximum Gasteiger partial charge on any atom is 0.309 e. The highest BCUT2D eigenvalue weighted by molar-refractivity contribution is 7.07. The van der Waals surface area contributed by atoms with Gasteiger partial charge in [-0.1, -0.05) is 24.3 Å². The Morgan fingerprint density at radius 3 is 2.70 bits per heavy atom. The number of methoxy groups -OCH3 is 1. The summed E-state index contributed by atoms with van der Waals surface area (Å²) < 4.78 is 4.74. The molecular weight excluding hydrogens is 272 g/mol. The number of benzene rings is 1. The Hall–Kier alpha value is -1.72. The number of rotatable bonds is 6. The first kappa shape index (κ1) is 14.7. The largest absolute Gasteiger partial charge is 0.469 e. The second-order valence-corrected chi connectivity index (χ2v) is 5.39. The van der Waals surface area contributed by atoms with Gasteiger partial charge in [-0.2, -0.15) is 0 Å². The lowest BCUT2D eigenvalue weighted by Crippen LogP contribution is -2.19. The van der Waals surface area contributed by atoms with Crippen LogP contribution in [0.25, 0.3) is 0 Å². The van der Waals surface area contributed by atoms with Gasteiger partial charge in [0.05, 0.1) is 24.7 Å². The van der Waals surface area contributed by atoms with Crippen molar-refractivity contribution in [2.75, 3.05) is 14.2 Å². The van der Waals surface area contributed by atoms with Crippen molar-refractivity contribution < 1.29 is 9.53 Å². The molecule has 2 rings (SSSR count). The molecule has 0 saturated carbocycles. The predicted octanol–water partition coefficient (Wildman–Crippen LogP) is 2.49. The monoisotopic (exact) mass is 290 g/mol. The molecule has 1 aromatic heterocycles. The van der Waals surface area contributed by atoms with Crippen LogP contribution in [0.5, 0.6) is 0 Å². The summed E-state index contributed by atoms with van der Waals surface area (Å²) in [5.74, 6) is -0.209. The molecule has 4 nitrogen and oxygen atoms in total. The second-order valence-electron chi connectivity index (χ2n) is 4.67. The van der Waals surface area contributed by atoms with Gasteiger partial charge >= 0.3 is 5.97 Å². The van der Waals surface area contributed by atoms with Gasteiger partial charge in [0.15, 0.2) is 0 Å². The minimum absolute atomic E-state index is 0.209. The van der Waals surface area contributed by atoms with Gasteiger partial charge in [-0.25, -0.2) is 4.98 Å². The smallest absolute Gasteiger partial charge is 0.309 e. The normalized spacial score (nSPS) is 10.8. The van der Waals surface area contributed by atoms with Crippen molar-refractivity contribution >= 4 is 17.3 Å². The fourth-order valence-electron chi connectivity index (χ4n) is 2.05. The van der Waals surface area contributed by atoms with Gasteiger partial charge in [-0.05, 0) is 18.2 Å². The van der Waals surface area contributed by atoms with Crippen LogP contribution in [0.3, 0.4) is 0 Å². The molecule has 0 N–H and O–H groups in total. The van der Waals surface area contributed by atoms with E-state index in [-0.39, 0.29) is 5.97 Å². The Balaban J connectivity index is 2.02. The van der Waals surface area contributed by atoms with Crippen molar-refractivity contribution in [1.82, 2.24) is 9.88 Å². The maximum absolute atomic E-state index is 11.4. The second kappa shape index (κ2) is 7.17. The number of carbonyl (C=O) groups is 1. The number of nitrogens with zero attached hydrogens (tertiary/aromatic N) is 2. The van der Waals surface area contributed by atoms with Gasteiger partial charge < -0.3 is 4.74 Å². The topological polar surface area (TPSA) is 42.4 Å². The van der Waals surface area contributed by atoms with Gasteiger partial charge in [-0.15, -0.1) is 11.3 Å². The molecular formula is C15H18N2O2S. The van der Waals surface area contributed by atoms with Crippen LogP contribution in [-0.4, -0.2) is 30.0 Å². The zero-order chi connectivity index (χ0) is 14.4. The zero-order valence-corrected chi connectivity index (χ0v) is 12.5. The summed E-state index contributed by atoms with van der Waals surface area (Å²) in [6.45, 7) is 1.58. The fourth-order valence-corrected chi connectivity index (χ4v) is 2.60. The number of hydrogen-bond donors (Lipinski definition) is 0. The quantitative estimate of drug-likeness (QED) is 0.767. The van der Waals surface area contributed by atoms with Crippen molar-refractivity contribution in [2.45, 2.75) is 19.5 Å². The van der Waals surface area contributed by atoms with Crippen molar-refractivity contribution in [2.24, 2.45) is 0 Å². The minimum Gasteiger partial charge on any atom is -0.469 e. The molecule has 5 heteroatoms. The molecule has 0 bridgehead atoms. The molecule has 0 unspecified atom stereocenters. The van der Waals surface area contributed by atoms with Crippen LogP contribution in [-0.2, 0) is 29.0 Å². The highest BCUT2D eigenvalue weighted by Gasteiger charge is 2.10. The predicted molar refractivity (Wildman–Crippen MR) is 79.4 cm³/mol. The summed E-state index contributed by atoms with van der Waals surface area (Å²) in [4.78, 5) is 17.9. The van der Waals surface area contributed by atoms with Crippen LogP contribution in [0.15, 0.2) is 35.2 Å².